The average Bonchev–Trinajstić information content (AvgIpc) is 1.96. The molecule has 0 unspecified atom stereocenters. The van der Waals surface area contributed by atoms with E-state index >= 15 is 0 Å². The molecular formula is C6H12O2. The van der Waals surface area contributed by atoms with Crippen LogP contribution in [-0.4, -0.2) is 18.0 Å². The van der Waals surface area contributed by atoms with Crippen LogP contribution in [-0.2, 0) is 4.79 Å². The molecule has 48 valence electrons. The molecular weight excluding hydrogens is 104 g/mol. The van der Waals surface area contributed by atoms with Crippen molar-refractivity contribution in [2.24, 2.45) is 0 Å². The third-order valence-corrected chi connectivity index (χ3v) is 0.0745. The van der Waals surface area contributed by atoms with Crippen LogP contribution in [0.15, 0.2) is 26.3 Å². The van der Waals surface area contributed by atoms with E-state index in [1.165, 1.54) is 0 Å². The SMILES string of the molecule is C=C.C=C.O=CCO. The van der Waals surface area contributed by atoms with Crippen LogP contribution in [0.5, 0.6) is 0 Å². The van der Waals surface area contributed by atoms with Crippen LogP contribution in [0.25, 0.3) is 0 Å². The van der Waals surface area contributed by atoms with Gasteiger partial charge >= 0.3 is 0 Å². The minimum atomic E-state index is -0.361. The van der Waals surface area contributed by atoms with Crippen molar-refractivity contribution < 1.29 is 9.90 Å². The Kier molecular flexibility index (Phi) is 254. The van der Waals surface area contributed by atoms with Gasteiger partial charge in [0.1, 0.15) is 6.29 Å². The van der Waals surface area contributed by atoms with Crippen molar-refractivity contribution in [1.29, 1.82) is 0 Å². The lowest BCUT2D eigenvalue weighted by atomic mass is 10.9. The second-order valence-corrected chi connectivity index (χ2v) is 0.349. The predicted octanol–water partition coefficient (Wildman–Crippen LogP) is 0.782. The molecule has 0 aliphatic heterocycles. The fourth-order valence-electron chi connectivity index (χ4n) is 0. The van der Waals surface area contributed by atoms with Gasteiger partial charge < -0.3 is 9.90 Å². The van der Waals surface area contributed by atoms with E-state index in [-0.39, 0.29) is 6.61 Å². The lowest BCUT2D eigenvalue weighted by molar-refractivity contribution is -0.110. The molecule has 0 aliphatic carbocycles. The van der Waals surface area contributed by atoms with Gasteiger partial charge in [-0.05, 0) is 0 Å². The number of carbonyl (C=O) groups is 1. The lowest BCUT2D eigenvalue weighted by Crippen LogP contribution is -1.75. The van der Waals surface area contributed by atoms with Gasteiger partial charge in [0.05, 0.1) is 6.61 Å². The number of aliphatic hydroxyl groups excluding tert-OH is 1. The van der Waals surface area contributed by atoms with Crippen LogP contribution < -0.4 is 0 Å². The summed E-state index contributed by atoms with van der Waals surface area (Å²) in [6.45, 7) is 11.6. The Bertz CT molecular complexity index is 33.5. The zero-order valence-corrected chi connectivity index (χ0v) is 4.97. The summed E-state index contributed by atoms with van der Waals surface area (Å²) < 4.78 is 0. The molecule has 0 bridgehead atoms. The highest BCUT2D eigenvalue weighted by Crippen LogP contribution is 1.27. The van der Waals surface area contributed by atoms with E-state index in [0.717, 1.165) is 0 Å². The van der Waals surface area contributed by atoms with Gasteiger partial charge in [-0.1, -0.05) is 0 Å². The Morgan fingerprint density at radius 1 is 1.25 bits per heavy atom. The average molecular weight is 116 g/mol. The van der Waals surface area contributed by atoms with E-state index in [9.17, 15) is 0 Å². The van der Waals surface area contributed by atoms with Crippen molar-refractivity contribution in [2.75, 3.05) is 6.61 Å². The summed E-state index contributed by atoms with van der Waals surface area (Å²) >= 11 is 0. The molecule has 0 aromatic heterocycles. The third-order valence-electron chi connectivity index (χ3n) is 0.0745. The predicted molar refractivity (Wildman–Crippen MR) is 35.7 cm³/mol. The summed E-state index contributed by atoms with van der Waals surface area (Å²) in [6.07, 6.45) is 0.431. The molecule has 0 rings (SSSR count). The third kappa shape index (κ3) is 7130. The number of aldehydes is 1. The van der Waals surface area contributed by atoms with Gasteiger partial charge in [-0.3, -0.25) is 0 Å². The van der Waals surface area contributed by atoms with E-state index in [1.807, 2.05) is 0 Å². The summed E-state index contributed by atoms with van der Waals surface area (Å²) in [6, 6.07) is 0. The Hall–Kier alpha value is -0.890. The zero-order valence-electron chi connectivity index (χ0n) is 4.97. The maximum atomic E-state index is 8.92. The van der Waals surface area contributed by atoms with Crippen LogP contribution in [0.3, 0.4) is 0 Å². The van der Waals surface area contributed by atoms with Gasteiger partial charge in [0.15, 0.2) is 0 Å². The van der Waals surface area contributed by atoms with Crippen LogP contribution in [0.4, 0.5) is 0 Å². The fraction of sp³-hybridized carbons (Fsp3) is 0.167. The van der Waals surface area contributed by atoms with Gasteiger partial charge in [0, 0.05) is 0 Å². The van der Waals surface area contributed by atoms with Gasteiger partial charge in [-0.15, -0.1) is 26.3 Å². The maximum absolute atomic E-state index is 8.92. The largest absolute Gasteiger partial charge is 0.389 e. The van der Waals surface area contributed by atoms with Crippen molar-refractivity contribution in [3.05, 3.63) is 26.3 Å². The van der Waals surface area contributed by atoms with E-state index in [2.05, 4.69) is 26.3 Å². The van der Waals surface area contributed by atoms with Crippen molar-refractivity contribution in [1.82, 2.24) is 0 Å². The summed E-state index contributed by atoms with van der Waals surface area (Å²) in [5.74, 6) is 0. The molecule has 0 aromatic carbocycles. The second-order valence-electron chi connectivity index (χ2n) is 0.349. The van der Waals surface area contributed by atoms with Crippen molar-refractivity contribution in [2.45, 2.75) is 0 Å². The van der Waals surface area contributed by atoms with E-state index < -0.39 is 0 Å². The fourth-order valence-corrected chi connectivity index (χ4v) is 0. The zero-order chi connectivity index (χ0) is 7.41. The Morgan fingerprint density at radius 3 is 1.38 bits per heavy atom. The Morgan fingerprint density at radius 2 is 1.38 bits per heavy atom. The van der Waals surface area contributed by atoms with Crippen LogP contribution in [0.2, 0.25) is 0 Å². The Balaban J connectivity index is -0.0000000542. The minimum absolute atomic E-state index is 0.361. The number of aliphatic hydroxyl groups is 1. The maximum Gasteiger partial charge on any atom is 0.145 e. The van der Waals surface area contributed by atoms with Crippen LogP contribution in [0, 0.1) is 0 Å². The van der Waals surface area contributed by atoms with E-state index in [4.69, 9.17) is 9.90 Å². The molecule has 0 fully saturated rings. The molecule has 0 saturated carbocycles. The molecule has 1 N–H and O–H groups in total. The molecule has 0 heterocycles. The molecule has 8 heavy (non-hydrogen) atoms. The van der Waals surface area contributed by atoms with Gasteiger partial charge in [-0.2, -0.15) is 0 Å². The van der Waals surface area contributed by atoms with Crippen LogP contribution in [0.1, 0.15) is 0 Å². The lowest BCUT2D eigenvalue weighted by Gasteiger charge is -1.54. The summed E-state index contributed by atoms with van der Waals surface area (Å²) in [4.78, 5) is 8.92. The molecule has 2 nitrogen and oxygen atoms in total. The first-order valence-corrected chi connectivity index (χ1v) is 1.96. The highest BCUT2D eigenvalue weighted by molar-refractivity contribution is 5.49. The summed E-state index contributed by atoms with van der Waals surface area (Å²) in [5.41, 5.74) is 0. The van der Waals surface area contributed by atoms with Gasteiger partial charge in [-0.25, -0.2) is 0 Å². The number of hydrogen-bond donors (Lipinski definition) is 1. The van der Waals surface area contributed by atoms with Gasteiger partial charge in [0.25, 0.3) is 0 Å². The van der Waals surface area contributed by atoms with Crippen LogP contribution >= 0.6 is 0 Å². The second kappa shape index (κ2) is 129. The highest BCUT2D eigenvalue weighted by atomic mass is 16.3. The first kappa shape index (κ1) is 15.7. The first-order chi connectivity index (χ1) is 3.91. The molecule has 0 atom stereocenters. The standard InChI is InChI=1S/C2H4O2.2C2H4/c3-1-2-4;2*1-2/h1,4H,2H2;2*1-2H2. The molecule has 0 aliphatic rings. The number of rotatable bonds is 1. The molecule has 0 radical (unpaired) electrons. The minimum Gasteiger partial charge on any atom is -0.389 e. The monoisotopic (exact) mass is 116 g/mol. The van der Waals surface area contributed by atoms with Gasteiger partial charge in [0.2, 0.25) is 0 Å². The van der Waals surface area contributed by atoms with Crippen molar-refractivity contribution in [3.8, 4) is 0 Å². The number of hydrogen-bond acceptors (Lipinski definition) is 2. The normalized spacial score (nSPS) is 4.12. The molecule has 0 aromatic rings. The quantitative estimate of drug-likeness (QED) is 0.406. The van der Waals surface area contributed by atoms with E-state index in [1.54, 1.807) is 0 Å². The van der Waals surface area contributed by atoms with Crippen molar-refractivity contribution >= 4 is 6.29 Å². The molecule has 2 heteroatoms. The topological polar surface area (TPSA) is 37.3 Å². The molecule has 0 amide bonds. The number of carbonyl (C=O) groups excluding carboxylic acids is 1. The molecule has 0 saturated heterocycles. The van der Waals surface area contributed by atoms with E-state index in [0.29, 0.717) is 6.29 Å². The first-order valence-electron chi connectivity index (χ1n) is 1.96. The summed E-state index contributed by atoms with van der Waals surface area (Å²) in [5, 5.41) is 7.51. The smallest absolute Gasteiger partial charge is 0.145 e. The summed E-state index contributed by atoms with van der Waals surface area (Å²) in [7, 11) is 0. The Labute approximate surface area is 50.2 Å². The highest BCUT2D eigenvalue weighted by Gasteiger charge is 1.53. The van der Waals surface area contributed by atoms with Crippen molar-refractivity contribution in [3.63, 3.8) is 0 Å². The molecule has 0 spiro atoms.